The highest BCUT2D eigenvalue weighted by atomic mass is 35.5. The zero-order chi connectivity index (χ0) is 13.7. The fourth-order valence-corrected chi connectivity index (χ4v) is 2.47. The molecule has 1 aliphatic carbocycles. The molecule has 0 atom stereocenters. The van der Waals surface area contributed by atoms with E-state index in [0.717, 1.165) is 25.7 Å². The van der Waals surface area contributed by atoms with E-state index < -0.39 is 0 Å². The first kappa shape index (κ1) is 14.1. The molecule has 0 aliphatic heterocycles. The predicted octanol–water partition coefficient (Wildman–Crippen LogP) is 2.63. The quantitative estimate of drug-likeness (QED) is 0.628. The average molecular weight is 285 g/mol. The summed E-state index contributed by atoms with van der Waals surface area (Å²) in [5.41, 5.74) is 0. The molecule has 5 nitrogen and oxygen atoms in total. The first-order chi connectivity index (χ1) is 9.17. The standard InChI is InChI=1S/C13H17ClN2O3/c1-18-12(17)8-9-2-4-10(5-3-9)19-11-6-7-15-13(14)16-11/h6-7,9-10H,2-5,8H2,1H3. The van der Waals surface area contributed by atoms with Gasteiger partial charge in [0.2, 0.25) is 11.2 Å². The number of esters is 1. The molecule has 0 spiro atoms. The fraction of sp³-hybridized carbons (Fsp3) is 0.615. The Balaban J connectivity index is 1.79. The Hall–Kier alpha value is -1.36. The number of ether oxygens (including phenoxy) is 2. The van der Waals surface area contributed by atoms with Crippen LogP contribution in [0.3, 0.4) is 0 Å². The van der Waals surface area contributed by atoms with Crippen LogP contribution in [0.25, 0.3) is 0 Å². The van der Waals surface area contributed by atoms with Gasteiger partial charge in [-0.05, 0) is 43.2 Å². The van der Waals surface area contributed by atoms with Gasteiger partial charge in [0.25, 0.3) is 0 Å². The molecular weight excluding hydrogens is 268 g/mol. The normalized spacial score (nSPS) is 22.8. The highest BCUT2D eigenvalue weighted by Gasteiger charge is 2.24. The summed E-state index contributed by atoms with van der Waals surface area (Å²) in [6, 6.07) is 1.70. The molecular formula is C13H17ClN2O3. The van der Waals surface area contributed by atoms with E-state index >= 15 is 0 Å². The minimum atomic E-state index is -0.132. The minimum Gasteiger partial charge on any atom is -0.474 e. The Morgan fingerprint density at radius 3 is 2.79 bits per heavy atom. The molecule has 2 rings (SSSR count). The molecule has 0 N–H and O–H groups in total. The molecule has 1 saturated carbocycles. The van der Waals surface area contributed by atoms with Gasteiger partial charge in [-0.1, -0.05) is 0 Å². The van der Waals surface area contributed by atoms with Crippen LogP contribution in [0.2, 0.25) is 5.28 Å². The van der Waals surface area contributed by atoms with Crippen LogP contribution in [0, 0.1) is 5.92 Å². The van der Waals surface area contributed by atoms with Gasteiger partial charge in [-0.15, -0.1) is 0 Å². The van der Waals surface area contributed by atoms with Crippen molar-refractivity contribution in [3.63, 3.8) is 0 Å². The van der Waals surface area contributed by atoms with Gasteiger partial charge < -0.3 is 9.47 Å². The van der Waals surface area contributed by atoms with Crippen molar-refractivity contribution in [3.8, 4) is 5.88 Å². The Kier molecular flexibility index (Phi) is 4.96. The fourth-order valence-electron chi connectivity index (χ4n) is 2.33. The van der Waals surface area contributed by atoms with Crippen LogP contribution in [0.5, 0.6) is 5.88 Å². The lowest BCUT2D eigenvalue weighted by Crippen LogP contribution is -2.25. The zero-order valence-corrected chi connectivity index (χ0v) is 11.6. The number of carbonyl (C=O) groups is 1. The number of nitrogens with zero attached hydrogens (tertiary/aromatic N) is 2. The summed E-state index contributed by atoms with van der Waals surface area (Å²) < 4.78 is 10.5. The number of hydrogen-bond acceptors (Lipinski definition) is 5. The highest BCUT2D eigenvalue weighted by molar-refractivity contribution is 6.28. The van der Waals surface area contributed by atoms with Crippen LogP contribution >= 0.6 is 11.6 Å². The van der Waals surface area contributed by atoms with Crippen LogP contribution in [0.4, 0.5) is 0 Å². The van der Waals surface area contributed by atoms with E-state index in [4.69, 9.17) is 16.3 Å². The molecule has 0 aromatic carbocycles. The Morgan fingerprint density at radius 2 is 2.16 bits per heavy atom. The van der Waals surface area contributed by atoms with E-state index in [0.29, 0.717) is 18.2 Å². The molecule has 104 valence electrons. The Labute approximate surface area is 117 Å². The van der Waals surface area contributed by atoms with Crippen molar-refractivity contribution in [2.75, 3.05) is 7.11 Å². The molecule has 0 saturated heterocycles. The van der Waals surface area contributed by atoms with Crippen molar-refractivity contribution in [2.45, 2.75) is 38.2 Å². The van der Waals surface area contributed by atoms with Crippen molar-refractivity contribution < 1.29 is 14.3 Å². The van der Waals surface area contributed by atoms with Gasteiger partial charge >= 0.3 is 5.97 Å². The molecule has 1 fully saturated rings. The van der Waals surface area contributed by atoms with Crippen LogP contribution in [0.15, 0.2) is 12.3 Å². The molecule has 1 heterocycles. The number of halogens is 1. The predicted molar refractivity (Wildman–Crippen MR) is 70.0 cm³/mol. The van der Waals surface area contributed by atoms with Gasteiger partial charge in [0, 0.05) is 18.7 Å². The maximum Gasteiger partial charge on any atom is 0.305 e. The van der Waals surface area contributed by atoms with Gasteiger partial charge in [-0.3, -0.25) is 4.79 Å². The second-order valence-corrected chi connectivity index (χ2v) is 5.04. The molecule has 1 aliphatic rings. The lowest BCUT2D eigenvalue weighted by Gasteiger charge is -2.27. The largest absolute Gasteiger partial charge is 0.474 e. The smallest absolute Gasteiger partial charge is 0.305 e. The van der Waals surface area contributed by atoms with Crippen LogP contribution in [0.1, 0.15) is 32.1 Å². The summed E-state index contributed by atoms with van der Waals surface area (Å²) >= 11 is 5.71. The van der Waals surface area contributed by atoms with Gasteiger partial charge in [-0.2, -0.15) is 4.98 Å². The van der Waals surface area contributed by atoms with Crippen LogP contribution in [-0.4, -0.2) is 29.2 Å². The summed E-state index contributed by atoms with van der Waals surface area (Å²) in [5, 5.41) is 0.192. The molecule has 1 aromatic heterocycles. The van der Waals surface area contributed by atoms with E-state index in [2.05, 4.69) is 14.7 Å². The summed E-state index contributed by atoms with van der Waals surface area (Å²) in [4.78, 5) is 19.0. The van der Waals surface area contributed by atoms with Crippen LogP contribution < -0.4 is 4.74 Å². The number of methoxy groups -OCH3 is 1. The van der Waals surface area contributed by atoms with Crippen molar-refractivity contribution in [1.82, 2.24) is 9.97 Å². The molecule has 0 unspecified atom stereocenters. The number of hydrogen-bond donors (Lipinski definition) is 0. The molecule has 0 bridgehead atoms. The Bertz CT molecular complexity index is 434. The monoisotopic (exact) mass is 284 g/mol. The second kappa shape index (κ2) is 6.70. The maximum atomic E-state index is 11.2. The zero-order valence-electron chi connectivity index (χ0n) is 10.8. The number of rotatable bonds is 4. The third-order valence-electron chi connectivity index (χ3n) is 3.36. The van der Waals surface area contributed by atoms with Gasteiger partial charge in [0.05, 0.1) is 7.11 Å². The molecule has 19 heavy (non-hydrogen) atoms. The van der Waals surface area contributed by atoms with Crippen LogP contribution in [-0.2, 0) is 9.53 Å². The van der Waals surface area contributed by atoms with E-state index in [1.54, 1.807) is 12.3 Å². The topological polar surface area (TPSA) is 61.3 Å². The van der Waals surface area contributed by atoms with E-state index in [9.17, 15) is 4.79 Å². The molecule has 1 aromatic rings. The van der Waals surface area contributed by atoms with Gasteiger partial charge in [0.1, 0.15) is 6.10 Å². The number of carbonyl (C=O) groups excluding carboxylic acids is 1. The first-order valence-electron chi connectivity index (χ1n) is 6.39. The van der Waals surface area contributed by atoms with Crippen molar-refractivity contribution >= 4 is 17.6 Å². The van der Waals surface area contributed by atoms with Gasteiger partial charge in [0.15, 0.2) is 0 Å². The summed E-state index contributed by atoms with van der Waals surface area (Å²) in [6.45, 7) is 0. The summed E-state index contributed by atoms with van der Waals surface area (Å²) in [6.07, 6.45) is 6.00. The highest BCUT2D eigenvalue weighted by Crippen LogP contribution is 2.29. The summed E-state index contributed by atoms with van der Waals surface area (Å²) in [5.74, 6) is 0.782. The second-order valence-electron chi connectivity index (χ2n) is 4.70. The van der Waals surface area contributed by atoms with E-state index in [1.807, 2.05) is 0 Å². The van der Waals surface area contributed by atoms with E-state index in [1.165, 1.54) is 7.11 Å². The number of aromatic nitrogens is 2. The van der Waals surface area contributed by atoms with E-state index in [-0.39, 0.29) is 17.4 Å². The molecule has 6 heteroatoms. The SMILES string of the molecule is COC(=O)CC1CCC(Oc2ccnc(Cl)n2)CC1. The Morgan fingerprint density at radius 1 is 1.42 bits per heavy atom. The van der Waals surface area contributed by atoms with Crippen molar-refractivity contribution in [1.29, 1.82) is 0 Å². The lowest BCUT2D eigenvalue weighted by molar-refractivity contribution is -0.142. The third kappa shape index (κ3) is 4.35. The minimum absolute atomic E-state index is 0.132. The molecule has 0 amide bonds. The molecule has 0 radical (unpaired) electrons. The average Bonchev–Trinajstić information content (AvgIpc) is 2.41. The lowest BCUT2D eigenvalue weighted by atomic mass is 9.85. The summed E-state index contributed by atoms with van der Waals surface area (Å²) in [7, 11) is 1.43. The van der Waals surface area contributed by atoms with Crippen molar-refractivity contribution in [3.05, 3.63) is 17.5 Å². The maximum absolute atomic E-state index is 11.2. The third-order valence-corrected chi connectivity index (χ3v) is 3.55. The first-order valence-corrected chi connectivity index (χ1v) is 6.77. The van der Waals surface area contributed by atoms with Gasteiger partial charge in [-0.25, -0.2) is 4.98 Å². The van der Waals surface area contributed by atoms with Crippen molar-refractivity contribution in [2.24, 2.45) is 5.92 Å².